The average molecular weight is 314 g/mol. The number of aromatic nitrogens is 1. The molecular weight excluding hydrogens is 305 g/mol. The molecule has 0 fully saturated rings. The number of aliphatic hydroxyl groups is 1. The Morgan fingerprint density at radius 3 is 2.57 bits per heavy atom. The molecular formula is C8H9F2IN2O. The van der Waals surface area contributed by atoms with Crippen LogP contribution in [-0.4, -0.2) is 10.1 Å². The second kappa shape index (κ2) is 4.94. The van der Waals surface area contributed by atoms with Crippen molar-refractivity contribution >= 4 is 22.6 Å². The van der Waals surface area contributed by atoms with Crippen molar-refractivity contribution in [3.63, 3.8) is 0 Å². The van der Waals surface area contributed by atoms with Crippen LogP contribution in [0.5, 0.6) is 0 Å². The van der Waals surface area contributed by atoms with Crippen LogP contribution in [0.1, 0.15) is 23.2 Å². The molecule has 0 saturated heterocycles. The van der Waals surface area contributed by atoms with Crippen LogP contribution >= 0.6 is 22.6 Å². The van der Waals surface area contributed by atoms with Gasteiger partial charge in [-0.25, -0.2) is 8.78 Å². The number of nitrogens with two attached hydrogens (primary N) is 1. The molecule has 0 atom stereocenters. The summed E-state index contributed by atoms with van der Waals surface area (Å²) in [5.41, 5.74) is 5.70. The van der Waals surface area contributed by atoms with Crippen molar-refractivity contribution in [3.8, 4) is 0 Å². The Bertz CT molecular complexity index is 333. The molecule has 0 saturated carbocycles. The van der Waals surface area contributed by atoms with Gasteiger partial charge < -0.3 is 10.8 Å². The SMILES string of the molecule is NCc1c(C(F)F)ncc(I)c1CO. The predicted molar refractivity (Wildman–Crippen MR) is 55.7 cm³/mol. The lowest BCUT2D eigenvalue weighted by Crippen LogP contribution is -2.10. The number of hydrogen-bond acceptors (Lipinski definition) is 3. The van der Waals surface area contributed by atoms with Gasteiger partial charge in [0, 0.05) is 16.3 Å². The third kappa shape index (κ3) is 2.18. The molecule has 1 rings (SSSR count). The van der Waals surface area contributed by atoms with Crippen LogP contribution in [0.3, 0.4) is 0 Å². The van der Waals surface area contributed by atoms with Gasteiger partial charge >= 0.3 is 0 Å². The predicted octanol–water partition coefficient (Wildman–Crippen LogP) is 1.57. The third-order valence-corrected chi connectivity index (χ3v) is 2.78. The van der Waals surface area contributed by atoms with E-state index in [-0.39, 0.29) is 24.4 Å². The summed E-state index contributed by atoms with van der Waals surface area (Å²) >= 11 is 1.93. The van der Waals surface area contributed by atoms with Gasteiger partial charge in [0.2, 0.25) is 0 Å². The first-order valence-electron chi connectivity index (χ1n) is 3.87. The molecule has 1 aromatic rings. The van der Waals surface area contributed by atoms with Crippen LogP contribution in [0.4, 0.5) is 8.78 Å². The Kier molecular flexibility index (Phi) is 4.14. The van der Waals surface area contributed by atoms with E-state index in [0.29, 0.717) is 9.13 Å². The van der Waals surface area contributed by atoms with Gasteiger partial charge in [0.1, 0.15) is 5.69 Å². The molecule has 78 valence electrons. The summed E-state index contributed by atoms with van der Waals surface area (Å²) in [6.45, 7) is -0.341. The zero-order valence-corrected chi connectivity index (χ0v) is 9.33. The van der Waals surface area contributed by atoms with Gasteiger partial charge in [-0.15, -0.1) is 0 Å². The number of pyridine rings is 1. The Morgan fingerprint density at radius 2 is 2.14 bits per heavy atom. The molecule has 14 heavy (non-hydrogen) atoms. The van der Waals surface area contributed by atoms with E-state index in [1.165, 1.54) is 6.20 Å². The largest absolute Gasteiger partial charge is 0.392 e. The lowest BCUT2D eigenvalue weighted by molar-refractivity contribution is 0.144. The standard InChI is InChI=1S/C8H9F2IN2O/c9-8(10)7-4(1-12)5(3-14)6(11)2-13-7/h2,8,14H,1,3,12H2. The Balaban J connectivity index is 3.33. The minimum absolute atomic E-state index is 0.0423. The van der Waals surface area contributed by atoms with Crippen LogP contribution in [-0.2, 0) is 13.2 Å². The third-order valence-electron chi connectivity index (χ3n) is 1.85. The number of hydrogen-bond donors (Lipinski definition) is 2. The van der Waals surface area contributed by atoms with Gasteiger partial charge in [-0.1, -0.05) is 0 Å². The van der Waals surface area contributed by atoms with Gasteiger partial charge in [-0.2, -0.15) is 0 Å². The molecule has 0 spiro atoms. The zero-order valence-electron chi connectivity index (χ0n) is 7.17. The molecule has 0 unspecified atom stereocenters. The monoisotopic (exact) mass is 314 g/mol. The average Bonchev–Trinajstić information content (AvgIpc) is 2.16. The molecule has 6 heteroatoms. The van der Waals surface area contributed by atoms with Crippen LogP contribution in [0.25, 0.3) is 0 Å². The smallest absolute Gasteiger partial charge is 0.280 e. The first-order valence-corrected chi connectivity index (χ1v) is 4.94. The summed E-state index contributed by atoms with van der Waals surface area (Å²) in [6, 6.07) is 0. The fourth-order valence-electron chi connectivity index (χ4n) is 1.17. The minimum Gasteiger partial charge on any atom is -0.392 e. The molecule has 0 aliphatic rings. The van der Waals surface area contributed by atoms with Crippen LogP contribution in [0.15, 0.2) is 6.20 Å². The van der Waals surface area contributed by atoms with E-state index in [4.69, 9.17) is 10.8 Å². The van der Waals surface area contributed by atoms with E-state index in [2.05, 4.69) is 4.98 Å². The van der Waals surface area contributed by atoms with Gasteiger partial charge in [0.15, 0.2) is 0 Å². The second-order valence-corrected chi connectivity index (χ2v) is 3.77. The van der Waals surface area contributed by atoms with Crippen molar-refractivity contribution in [2.75, 3.05) is 0 Å². The topological polar surface area (TPSA) is 59.1 Å². The van der Waals surface area contributed by atoms with Crippen molar-refractivity contribution in [1.29, 1.82) is 0 Å². The summed E-state index contributed by atoms with van der Waals surface area (Å²) in [5.74, 6) is 0. The Morgan fingerprint density at radius 1 is 1.50 bits per heavy atom. The van der Waals surface area contributed by atoms with Crippen LogP contribution in [0, 0.1) is 3.57 Å². The second-order valence-electron chi connectivity index (χ2n) is 2.61. The fourth-order valence-corrected chi connectivity index (χ4v) is 1.80. The molecule has 3 nitrogen and oxygen atoms in total. The van der Waals surface area contributed by atoms with Crippen molar-refractivity contribution in [1.82, 2.24) is 4.98 Å². The van der Waals surface area contributed by atoms with Crippen LogP contribution < -0.4 is 5.73 Å². The van der Waals surface area contributed by atoms with E-state index >= 15 is 0 Å². The summed E-state index contributed by atoms with van der Waals surface area (Å²) < 4.78 is 25.6. The first-order chi connectivity index (χ1) is 6.61. The van der Waals surface area contributed by atoms with E-state index < -0.39 is 6.43 Å². The van der Waals surface area contributed by atoms with Gasteiger partial charge in [0.25, 0.3) is 6.43 Å². The molecule has 0 aromatic carbocycles. The summed E-state index contributed by atoms with van der Waals surface area (Å²) in [4.78, 5) is 3.61. The first kappa shape index (κ1) is 11.7. The van der Waals surface area contributed by atoms with Crippen molar-refractivity contribution < 1.29 is 13.9 Å². The molecule has 0 aliphatic heterocycles. The van der Waals surface area contributed by atoms with E-state index in [9.17, 15) is 8.78 Å². The van der Waals surface area contributed by atoms with Crippen molar-refractivity contribution in [3.05, 3.63) is 26.6 Å². The van der Waals surface area contributed by atoms with Crippen molar-refractivity contribution in [2.45, 2.75) is 19.6 Å². The number of halogens is 3. The molecule has 0 amide bonds. The molecule has 0 aliphatic carbocycles. The Labute approximate surface area is 93.5 Å². The van der Waals surface area contributed by atoms with E-state index in [1.54, 1.807) is 0 Å². The van der Waals surface area contributed by atoms with Crippen LogP contribution in [0.2, 0.25) is 0 Å². The number of aliphatic hydroxyl groups excluding tert-OH is 1. The highest BCUT2D eigenvalue weighted by Gasteiger charge is 2.18. The molecule has 1 aromatic heterocycles. The fraction of sp³-hybridized carbons (Fsp3) is 0.375. The number of rotatable bonds is 3. The minimum atomic E-state index is -2.66. The maximum Gasteiger partial charge on any atom is 0.280 e. The molecule has 3 N–H and O–H groups in total. The highest BCUT2D eigenvalue weighted by atomic mass is 127. The van der Waals surface area contributed by atoms with E-state index in [1.807, 2.05) is 22.6 Å². The van der Waals surface area contributed by atoms with Crippen molar-refractivity contribution in [2.24, 2.45) is 5.73 Å². The maximum atomic E-state index is 12.5. The summed E-state index contributed by atoms with van der Waals surface area (Å²) in [7, 11) is 0. The zero-order chi connectivity index (χ0) is 10.7. The lowest BCUT2D eigenvalue weighted by atomic mass is 10.1. The van der Waals surface area contributed by atoms with Gasteiger partial charge in [-0.05, 0) is 33.7 Å². The van der Waals surface area contributed by atoms with Gasteiger partial charge in [-0.3, -0.25) is 4.98 Å². The molecule has 0 radical (unpaired) electrons. The quantitative estimate of drug-likeness (QED) is 0.833. The lowest BCUT2D eigenvalue weighted by Gasteiger charge is -2.11. The Hall–Kier alpha value is -0.340. The highest BCUT2D eigenvalue weighted by molar-refractivity contribution is 14.1. The molecule has 0 bridgehead atoms. The normalized spacial score (nSPS) is 11.0. The van der Waals surface area contributed by atoms with Gasteiger partial charge in [0.05, 0.1) is 6.61 Å². The summed E-state index contributed by atoms with van der Waals surface area (Å²) in [5, 5.41) is 9.00. The molecule has 1 heterocycles. The van der Waals surface area contributed by atoms with E-state index in [0.717, 1.165) is 0 Å². The summed E-state index contributed by atoms with van der Waals surface area (Å²) in [6.07, 6.45) is -1.34. The number of alkyl halides is 2. The maximum absolute atomic E-state index is 12.5. The highest BCUT2D eigenvalue weighted by Crippen LogP contribution is 2.25. The number of nitrogens with zero attached hydrogens (tertiary/aromatic N) is 1.